The predicted molar refractivity (Wildman–Crippen MR) is 87.9 cm³/mol. The van der Waals surface area contributed by atoms with E-state index in [-0.39, 0.29) is 20.6 Å². The van der Waals surface area contributed by atoms with E-state index >= 15 is 0 Å². The standard InChI is InChI=1S/C13H11Cl3N2O2S/c1-7-11(16)5-9(6-12(7)17)21(19,20)18-13-4-8(14)2-3-10(13)15/h2-6,18H,17H2,1H3. The normalized spacial score (nSPS) is 11.4. The van der Waals surface area contributed by atoms with Crippen LogP contribution >= 0.6 is 34.8 Å². The molecule has 0 aliphatic heterocycles. The smallest absolute Gasteiger partial charge is 0.262 e. The molecule has 2 aromatic rings. The van der Waals surface area contributed by atoms with Crippen molar-refractivity contribution in [2.45, 2.75) is 11.8 Å². The second kappa shape index (κ2) is 5.93. The van der Waals surface area contributed by atoms with Crippen molar-refractivity contribution < 1.29 is 8.42 Å². The molecule has 0 amide bonds. The first kappa shape index (κ1) is 16.2. The number of hydrogen-bond acceptors (Lipinski definition) is 3. The van der Waals surface area contributed by atoms with Crippen LogP contribution in [0.2, 0.25) is 15.1 Å². The molecule has 0 radical (unpaired) electrons. The van der Waals surface area contributed by atoms with Crippen molar-refractivity contribution in [3.8, 4) is 0 Å². The Morgan fingerprint density at radius 2 is 1.71 bits per heavy atom. The van der Waals surface area contributed by atoms with Crippen LogP contribution in [-0.4, -0.2) is 8.42 Å². The van der Waals surface area contributed by atoms with Crippen molar-refractivity contribution in [1.82, 2.24) is 0 Å². The van der Waals surface area contributed by atoms with Crippen LogP contribution in [0.3, 0.4) is 0 Å². The van der Waals surface area contributed by atoms with E-state index in [1.165, 1.54) is 24.3 Å². The molecule has 0 saturated carbocycles. The largest absolute Gasteiger partial charge is 0.398 e. The van der Waals surface area contributed by atoms with E-state index in [1.54, 1.807) is 13.0 Å². The molecule has 21 heavy (non-hydrogen) atoms. The summed E-state index contributed by atoms with van der Waals surface area (Å²) >= 11 is 17.7. The van der Waals surface area contributed by atoms with Crippen molar-refractivity contribution in [2.24, 2.45) is 0 Å². The van der Waals surface area contributed by atoms with E-state index in [2.05, 4.69) is 4.72 Å². The maximum Gasteiger partial charge on any atom is 0.262 e. The Kier molecular flexibility index (Phi) is 4.58. The van der Waals surface area contributed by atoms with Gasteiger partial charge in [-0.15, -0.1) is 0 Å². The summed E-state index contributed by atoms with van der Waals surface area (Å²) in [4.78, 5) is -0.0494. The summed E-state index contributed by atoms with van der Waals surface area (Å²) in [6.45, 7) is 1.70. The summed E-state index contributed by atoms with van der Waals surface area (Å²) in [6.07, 6.45) is 0. The molecule has 2 rings (SSSR count). The van der Waals surface area contributed by atoms with Crippen molar-refractivity contribution >= 4 is 56.2 Å². The highest BCUT2D eigenvalue weighted by Crippen LogP contribution is 2.30. The quantitative estimate of drug-likeness (QED) is 0.795. The number of benzene rings is 2. The number of anilines is 2. The third-order valence-electron chi connectivity index (χ3n) is 2.84. The molecule has 0 spiro atoms. The molecule has 0 aromatic heterocycles. The topological polar surface area (TPSA) is 72.2 Å². The first-order valence-electron chi connectivity index (χ1n) is 5.74. The second-order valence-corrected chi connectivity index (χ2v) is 7.28. The van der Waals surface area contributed by atoms with Gasteiger partial charge in [0, 0.05) is 15.7 Å². The molecule has 0 saturated heterocycles. The third-order valence-corrected chi connectivity index (χ3v) is 5.14. The van der Waals surface area contributed by atoms with Crippen molar-refractivity contribution in [2.75, 3.05) is 10.5 Å². The molecular formula is C13H11Cl3N2O2S. The molecule has 112 valence electrons. The van der Waals surface area contributed by atoms with Crippen LogP contribution in [0.1, 0.15) is 5.56 Å². The average Bonchev–Trinajstić information content (AvgIpc) is 2.39. The highest BCUT2D eigenvalue weighted by molar-refractivity contribution is 7.92. The number of nitrogen functional groups attached to an aromatic ring is 1. The fourth-order valence-corrected chi connectivity index (χ4v) is 3.42. The Morgan fingerprint density at radius 3 is 2.33 bits per heavy atom. The van der Waals surface area contributed by atoms with E-state index in [4.69, 9.17) is 40.5 Å². The van der Waals surface area contributed by atoms with Gasteiger partial charge in [0.25, 0.3) is 10.0 Å². The van der Waals surface area contributed by atoms with Gasteiger partial charge in [-0.1, -0.05) is 34.8 Å². The highest BCUT2D eigenvalue weighted by atomic mass is 35.5. The Balaban J connectivity index is 2.46. The average molecular weight is 366 g/mol. The van der Waals surface area contributed by atoms with Crippen LogP contribution in [-0.2, 0) is 10.0 Å². The SMILES string of the molecule is Cc1c(N)cc(S(=O)(=O)Nc2cc(Cl)ccc2Cl)cc1Cl. The fourth-order valence-electron chi connectivity index (χ4n) is 1.61. The Morgan fingerprint density at radius 1 is 1.05 bits per heavy atom. The van der Waals surface area contributed by atoms with Gasteiger partial charge in [-0.3, -0.25) is 4.72 Å². The molecule has 4 nitrogen and oxygen atoms in total. The number of hydrogen-bond donors (Lipinski definition) is 2. The van der Waals surface area contributed by atoms with Gasteiger partial charge in [-0.2, -0.15) is 0 Å². The summed E-state index contributed by atoms with van der Waals surface area (Å²) in [6, 6.07) is 7.14. The predicted octanol–water partition coefficient (Wildman–Crippen LogP) is 4.34. The van der Waals surface area contributed by atoms with Gasteiger partial charge in [0.1, 0.15) is 0 Å². The number of nitrogens with two attached hydrogens (primary N) is 1. The van der Waals surface area contributed by atoms with Gasteiger partial charge in [-0.05, 0) is 42.8 Å². The summed E-state index contributed by atoms with van der Waals surface area (Å²) < 4.78 is 27.1. The first-order valence-corrected chi connectivity index (χ1v) is 8.36. The van der Waals surface area contributed by atoms with Crippen LogP contribution in [0.15, 0.2) is 35.2 Å². The minimum Gasteiger partial charge on any atom is -0.398 e. The Bertz CT molecular complexity index is 784. The van der Waals surface area contributed by atoms with Crippen LogP contribution < -0.4 is 10.5 Å². The lowest BCUT2D eigenvalue weighted by molar-refractivity contribution is 0.601. The van der Waals surface area contributed by atoms with Gasteiger partial charge in [0.2, 0.25) is 0 Å². The molecule has 3 N–H and O–H groups in total. The maximum atomic E-state index is 12.4. The van der Waals surface area contributed by atoms with Gasteiger partial charge in [0.05, 0.1) is 15.6 Å². The van der Waals surface area contributed by atoms with Crippen molar-refractivity contribution in [1.29, 1.82) is 0 Å². The lowest BCUT2D eigenvalue weighted by Gasteiger charge is -2.12. The summed E-state index contributed by atoms with van der Waals surface area (Å²) in [5, 5.41) is 0.861. The van der Waals surface area contributed by atoms with Crippen LogP contribution in [0.4, 0.5) is 11.4 Å². The molecule has 0 bridgehead atoms. The van der Waals surface area contributed by atoms with Gasteiger partial charge >= 0.3 is 0 Å². The Hall–Kier alpha value is -1.14. The maximum absolute atomic E-state index is 12.4. The minimum atomic E-state index is -3.87. The number of rotatable bonds is 3. The molecular weight excluding hydrogens is 355 g/mol. The molecule has 0 aliphatic rings. The molecule has 0 aliphatic carbocycles. The van der Waals surface area contributed by atoms with E-state index in [1.807, 2.05) is 0 Å². The van der Waals surface area contributed by atoms with E-state index in [0.717, 1.165) is 0 Å². The van der Waals surface area contributed by atoms with Crippen molar-refractivity contribution in [3.63, 3.8) is 0 Å². The van der Waals surface area contributed by atoms with Crippen LogP contribution in [0.5, 0.6) is 0 Å². The fraction of sp³-hybridized carbons (Fsp3) is 0.0769. The summed E-state index contributed by atoms with van der Waals surface area (Å²) in [5.41, 5.74) is 6.84. The van der Waals surface area contributed by atoms with Gasteiger partial charge in [-0.25, -0.2) is 8.42 Å². The monoisotopic (exact) mass is 364 g/mol. The van der Waals surface area contributed by atoms with Crippen LogP contribution in [0, 0.1) is 6.92 Å². The van der Waals surface area contributed by atoms with E-state index < -0.39 is 10.0 Å². The molecule has 0 atom stereocenters. The van der Waals surface area contributed by atoms with Gasteiger partial charge in [0.15, 0.2) is 0 Å². The third kappa shape index (κ3) is 3.55. The Labute approximate surface area is 137 Å². The lowest BCUT2D eigenvalue weighted by Crippen LogP contribution is -2.14. The van der Waals surface area contributed by atoms with Gasteiger partial charge < -0.3 is 5.73 Å². The second-order valence-electron chi connectivity index (χ2n) is 4.35. The lowest BCUT2D eigenvalue weighted by atomic mass is 10.2. The zero-order chi connectivity index (χ0) is 15.8. The zero-order valence-electron chi connectivity index (χ0n) is 10.8. The molecule has 0 heterocycles. The summed E-state index contributed by atoms with van der Waals surface area (Å²) in [5.74, 6) is 0. The van der Waals surface area contributed by atoms with E-state index in [0.29, 0.717) is 16.3 Å². The zero-order valence-corrected chi connectivity index (χ0v) is 13.9. The summed E-state index contributed by atoms with van der Waals surface area (Å²) in [7, 11) is -3.87. The van der Waals surface area contributed by atoms with Crippen molar-refractivity contribution in [3.05, 3.63) is 51.0 Å². The van der Waals surface area contributed by atoms with Crippen LogP contribution in [0.25, 0.3) is 0 Å². The number of nitrogens with one attached hydrogen (secondary N) is 1. The highest BCUT2D eigenvalue weighted by Gasteiger charge is 2.18. The number of halogens is 3. The molecule has 0 unspecified atom stereocenters. The number of sulfonamides is 1. The molecule has 8 heteroatoms. The molecule has 0 fully saturated rings. The first-order chi connectivity index (χ1) is 9.70. The molecule has 2 aromatic carbocycles. The minimum absolute atomic E-state index is 0.0494. The van der Waals surface area contributed by atoms with E-state index in [9.17, 15) is 8.42 Å².